The predicted octanol–water partition coefficient (Wildman–Crippen LogP) is 3.90. The van der Waals surface area contributed by atoms with Gasteiger partial charge in [-0.2, -0.15) is 0 Å². The Morgan fingerprint density at radius 1 is 0.929 bits per heavy atom. The predicted molar refractivity (Wildman–Crippen MR) is 119 cm³/mol. The van der Waals surface area contributed by atoms with Gasteiger partial charge in [0.15, 0.2) is 5.96 Å². The topological polar surface area (TPSA) is 48.5 Å². The van der Waals surface area contributed by atoms with Crippen molar-refractivity contribution in [3.05, 3.63) is 71.8 Å². The molecule has 0 aromatic heterocycles. The molecule has 0 radical (unpaired) electrons. The van der Waals surface area contributed by atoms with Crippen LogP contribution in [0, 0.1) is 0 Å². The molecule has 150 valence electrons. The zero-order valence-corrected chi connectivity index (χ0v) is 17.5. The van der Waals surface area contributed by atoms with Crippen LogP contribution in [0.4, 0.5) is 0 Å². The number of hydrogen-bond donors (Lipinski definition) is 3. The number of rotatable bonds is 6. The zero-order valence-electron chi connectivity index (χ0n) is 17.5. The minimum atomic E-state index is 0.264. The third kappa shape index (κ3) is 5.59. The normalized spacial score (nSPS) is 20.2. The van der Waals surface area contributed by atoms with Crippen molar-refractivity contribution in [2.24, 2.45) is 4.99 Å². The fraction of sp³-hybridized carbons (Fsp3) is 0.458. The minimum Gasteiger partial charge on any atom is -0.354 e. The summed E-state index contributed by atoms with van der Waals surface area (Å²) in [6.45, 7) is 9.46. The molecule has 2 aromatic rings. The van der Waals surface area contributed by atoms with E-state index < -0.39 is 0 Å². The summed E-state index contributed by atoms with van der Waals surface area (Å²) in [7, 11) is 0. The van der Waals surface area contributed by atoms with Crippen molar-refractivity contribution in [1.29, 1.82) is 0 Å². The van der Waals surface area contributed by atoms with Crippen LogP contribution in [0.5, 0.6) is 0 Å². The van der Waals surface area contributed by atoms with Crippen LogP contribution in [0.2, 0.25) is 0 Å². The van der Waals surface area contributed by atoms with E-state index in [-0.39, 0.29) is 6.04 Å². The summed E-state index contributed by atoms with van der Waals surface area (Å²) in [6.07, 6.45) is 1.06. The molecule has 1 fully saturated rings. The number of nitrogens with one attached hydrogen (secondary N) is 3. The van der Waals surface area contributed by atoms with Crippen LogP contribution in [0.1, 0.15) is 51.2 Å². The van der Waals surface area contributed by atoms with Gasteiger partial charge < -0.3 is 16.0 Å². The Labute approximate surface area is 169 Å². The highest BCUT2D eigenvalue weighted by molar-refractivity contribution is 5.80. The molecule has 1 saturated heterocycles. The summed E-state index contributed by atoms with van der Waals surface area (Å²) in [4.78, 5) is 4.73. The second-order valence-electron chi connectivity index (χ2n) is 8.26. The van der Waals surface area contributed by atoms with Gasteiger partial charge in [0.2, 0.25) is 0 Å². The molecule has 4 nitrogen and oxygen atoms in total. The number of guanidine groups is 1. The van der Waals surface area contributed by atoms with Crippen molar-refractivity contribution in [2.75, 3.05) is 6.54 Å². The van der Waals surface area contributed by atoms with Crippen molar-refractivity contribution >= 4 is 5.96 Å². The fourth-order valence-corrected chi connectivity index (χ4v) is 3.95. The number of aliphatic imine (C=N–C) groups is 1. The number of benzene rings is 2. The quantitative estimate of drug-likeness (QED) is 0.528. The maximum atomic E-state index is 4.73. The monoisotopic (exact) mass is 378 g/mol. The lowest BCUT2D eigenvalue weighted by Crippen LogP contribution is -2.47. The Morgan fingerprint density at radius 2 is 1.50 bits per heavy atom. The van der Waals surface area contributed by atoms with E-state index in [2.05, 4.69) is 104 Å². The Balaban J connectivity index is 1.76. The molecule has 0 unspecified atom stereocenters. The Kier molecular flexibility index (Phi) is 7.10. The lowest BCUT2D eigenvalue weighted by atomic mass is 9.84. The summed E-state index contributed by atoms with van der Waals surface area (Å²) < 4.78 is 0. The highest BCUT2D eigenvalue weighted by Gasteiger charge is 2.32. The van der Waals surface area contributed by atoms with Gasteiger partial charge in [-0.15, -0.1) is 0 Å². The van der Waals surface area contributed by atoms with E-state index in [1.807, 2.05) is 0 Å². The standard InChI is InChI=1S/C24H34N4/c1-17(2)26-24(27-18(3)4)28-21-15-22(25-16-21)23(19-11-7-5-8-12-19)20-13-9-6-10-14-20/h5-14,17-18,21-23,25H,15-16H2,1-4H3,(H2,26,27,28)/t21-,22-/m0/s1. The highest BCUT2D eigenvalue weighted by Crippen LogP contribution is 2.32. The Bertz CT molecular complexity index is 700. The van der Waals surface area contributed by atoms with E-state index in [9.17, 15) is 0 Å². The molecule has 1 aliphatic rings. The molecule has 1 heterocycles. The first kappa shape index (κ1) is 20.4. The first-order chi connectivity index (χ1) is 13.5. The molecule has 2 atom stereocenters. The van der Waals surface area contributed by atoms with Gasteiger partial charge in [-0.3, -0.25) is 4.99 Å². The van der Waals surface area contributed by atoms with Gasteiger partial charge in [0.25, 0.3) is 0 Å². The highest BCUT2D eigenvalue weighted by atomic mass is 15.2. The van der Waals surface area contributed by atoms with Gasteiger partial charge in [0, 0.05) is 36.6 Å². The summed E-state index contributed by atoms with van der Waals surface area (Å²) in [5.74, 6) is 1.26. The van der Waals surface area contributed by atoms with Crippen LogP contribution in [0.3, 0.4) is 0 Å². The minimum absolute atomic E-state index is 0.264. The second kappa shape index (κ2) is 9.74. The summed E-state index contributed by atoms with van der Waals surface area (Å²) >= 11 is 0. The SMILES string of the molecule is CC(C)/N=C(\NC(C)C)N[C@@H]1CN[C@H](C(c2ccccc2)c2ccccc2)C1. The van der Waals surface area contributed by atoms with E-state index in [0.29, 0.717) is 24.0 Å². The van der Waals surface area contributed by atoms with E-state index in [0.717, 1.165) is 18.9 Å². The van der Waals surface area contributed by atoms with Crippen LogP contribution in [-0.2, 0) is 0 Å². The van der Waals surface area contributed by atoms with Crippen LogP contribution < -0.4 is 16.0 Å². The molecule has 0 bridgehead atoms. The largest absolute Gasteiger partial charge is 0.354 e. The van der Waals surface area contributed by atoms with Gasteiger partial charge in [0.05, 0.1) is 0 Å². The van der Waals surface area contributed by atoms with Crippen molar-refractivity contribution < 1.29 is 0 Å². The molecule has 28 heavy (non-hydrogen) atoms. The molecule has 0 spiro atoms. The van der Waals surface area contributed by atoms with Crippen LogP contribution in [-0.4, -0.2) is 36.7 Å². The van der Waals surface area contributed by atoms with Gasteiger partial charge in [-0.25, -0.2) is 0 Å². The van der Waals surface area contributed by atoms with E-state index in [1.165, 1.54) is 11.1 Å². The smallest absolute Gasteiger partial charge is 0.191 e. The lowest BCUT2D eigenvalue weighted by Gasteiger charge is -2.25. The molecule has 4 heteroatoms. The third-order valence-corrected chi connectivity index (χ3v) is 5.04. The molecule has 3 rings (SSSR count). The van der Waals surface area contributed by atoms with Gasteiger partial charge in [-0.1, -0.05) is 60.7 Å². The average molecular weight is 379 g/mol. The lowest BCUT2D eigenvalue weighted by molar-refractivity contribution is 0.528. The number of nitrogens with zero attached hydrogens (tertiary/aromatic N) is 1. The maximum Gasteiger partial charge on any atom is 0.191 e. The first-order valence-corrected chi connectivity index (χ1v) is 10.5. The van der Waals surface area contributed by atoms with Crippen LogP contribution in [0.15, 0.2) is 65.7 Å². The summed E-state index contributed by atoms with van der Waals surface area (Å²) in [5, 5.41) is 10.9. The van der Waals surface area contributed by atoms with Crippen molar-refractivity contribution in [2.45, 2.75) is 64.2 Å². The third-order valence-electron chi connectivity index (χ3n) is 5.04. The number of hydrogen-bond acceptors (Lipinski definition) is 2. The van der Waals surface area contributed by atoms with E-state index >= 15 is 0 Å². The van der Waals surface area contributed by atoms with Gasteiger partial charge in [-0.05, 0) is 45.2 Å². The molecular weight excluding hydrogens is 344 g/mol. The molecule has 0 aliphatic carbocycles. The summed E-state index contributed by atoms with van der Waals surface area (Å²) in [6, 6.07) is 23.1. The molecule has 0 amide bonds. The first-order valence-electron chi connectivity index (χ1n) is 10.5. The van der Waals surface area contributed by atoms with E-state index in [1.54, 1.807) is 0 Å². The molecular formula is C24H34N4. The van der Waals surface area contributed by atoms with Gasteiger partial charge in [0.1, 0.15) is 0 Å². The average Bonchev–Trinajstić information content (AvgIpc) is 3.10. The molecule has 0 saturated carbocycles. The van der Waals surface area contributed by atoms with Crippen molar-refractivity contribution in [3.8, 4) is 0 Å². The molecule has 1 aliphatic heterocycles. The second-order valence-corrected chi connectivity index (χ2v) is 8.26. The Morgan fingerprint density at radius 3 is 2.00 bits per heavy atom. The van der Waals surface area contributed by atoms with Crippen LogP contribution >= 0.6 is 0 Å². The molecule has 2 aromatic carbocycles. The fourth-order valence-electron chi connectivity index (χ4n) is 3.95. The van der Waals surface area contributed by atoms with Crippen molar-refractivity contribution in [1.82, 2.24) is 16.0 Å². The van der Waals surface area contributed by atoms with Crippen molar-refractivity contribution in [3.63, 3.8) is 0 Å². The Hall–Kier alpha value is -2.33. The van der Waals surface area contributed by atoms with E-state index in [4.69, 9.17) is 4.99 Å². The zero-order chi connectivity index (χ0) is 19.9. The maximum absolute atomic E-state index is 4.73. The summed E-state index contributed by atoms with van der Waals surface area (Å²) in [5.41, 5.74) is 2.73. The van der Waals surface area contributed by atoms with Crippen LogP contribution in [0.25, 0.3) is 0 Å². The molecule has 3 N–H and O–H groups in total. The van der Waals surface area contributed by atoms with Gasteiger partial charge >= 0.3 is 0 Å².